The molecule has 1 aromatic rings. The van der Waals surface area contributed by atoms with Gasteiger partial charge in [0.2, 0.25) is 0 Å². The van der Waals surface area contributed by atoms with Crippen LogP contribution in [0.4, 0.5) is 0 Å². The summed E-state index contributed by atoms with van der Waals surface area (Å²) < 4.78 is 13.9. The third-order valence-electron chi connectivity index (χ3n) is 3.95. The average Bonchev–Trinajstić information content (AvgIpc) is 2.79. The fraction of sp³-hybridized carbons (Fsp3) is 0.769. The molecule has 0 aromatic carbocycles. The summed E-state index contributed by atoms with van der Waals surface area (Å²) in [5.74, 6) is 0. The Hall–Kier alpha value is -0.555. The Morgan fingerprint density at radius 1 is 1.20 bits per heavy atom. The monoisotopic (exact) mass is 301 g/mol. The van der Waals surface area contributed by atoms with Crippen LogP contribution in [0.1, 0.15) is 27.7 Å². The molecule has 1 aliphatic heterocycles. The first-order valence-corrected chi connectivity index (χ1v) is 6.74. The molecule has 0 bridgehead atoms. The Morgan fingerprint density at radius 3 is 2.25 bits per heavy atom. The van der Waals surface area contributed by atoms with Crippen molar-refractivity contribution in [1.82, 2.24) is 14.7 Å². The van der Waals surface area contributed by atoms with Gasteiger partial charge in [0.25, 0.3) is 0 Å². The summed E-state index contributed by atoms with van der Waals surface area (Å²) in [6.45, 7) is 10.1. The minimum atomic E-state index is -0.321. The van der Waals surface area contributed by atoms with Gasteiger partial charge in [0.05, 0.1) is 17.7 Å². The van der Waals surface area contributed by atoms with Gasteiger partial charge in [0, 0.05) is 24.4 Å². The fourth-order valence-corrected chi connectivity index (χ4v) is 1.91. The third kappa shape index (κ3) is 3.55. The normalized spacial score (nSPS) is 20.2. The van der Waals surface area contributed by atoms with Gasteiger partial charge in [0.15, 0.2) is 0 Å². The molecule has 5 nitrogen and oxygen atoms in total. The maximum atomic E-state index is 6.00. The van der Waals surface area contributed by atoms with Crippen molar-refractivity contribution >= 4 is 25.0 Å². The van der Waals surface area contributed by atoms with Gasteiger partial charge in [-0.2, -0.15) is 5.10 Å². The Bertz CT molecular complexity index is 433. The first kappa shape index (κ1) is 17.5. The van der Waals surface area contributed by atoms with E-state index in [1.807, 2.05) is 17.1 Å². The molecule has 2 rings (SSSR count). The molecule has 0 radical (unpaired) electrons. The van der Waals surface area contributed by atoms with E-state index in [9.17, 15) is 0 Å². The Morgan fingerprint density at radius 2 is 1.75 bits per heavy atom. The second-order valence-corrected chi connectivity index (χ2v) is 6.43. The van der Waals surface area contributed by atoms with Gasteiger partial charge in [-0.1, -0.05) is 0 Å². The SMILES string of the molecule is CN(C)CCn1cc(B2OC(C)(C)C(C)(C)O2)cn1.Cl. The molecule has 0 spiro atoms. The summed E-state index contributed by atoms with van der Waals surface area (Å²) in [4.78, 5) is 2.14. The van der Waals surface area contributed by atoms with Crippen molar-refractivity contribution in [2.45, 2.75) is 45.4 Å². The molecule has 0 atom stereocenters. The van der Waals surface area contributed by atoms with Crippen LogP contribution < -0.4 is 5.46 Å². The zero-order valence-corrected chi connectivity index (χ0v) is 14.0. The van der Waals surface area contributed by atoms with E-state index in [1.165, 1.54) is 0 Å². The van der Waals surface area contributed by atoms with E-state index in [2.05, 4.69) is 51.8 Å². The van der Waals surface area contributed by atoms with Crippen LogP contribution in [0.5, 0.6) is 0 Å². The van der Waals surface area contributed by atoms with Crippen LogP contribution in [0, 0.1) is 0 Å². The maximum Gasteiger partial charge on any atom is 0.498 e. The molecule has 1 aliphatic rings. The zero-order chi connectivity index (χ0) is 14.3. The number of likely N-dealkylation sites (N-methyl/N-ethyl adjacent to an activating group) is 1. The van der Waals surface area contributed by atoms with Crippen molar-refractivity contribution < 1.29 is 9.31 Å². The maximum absolute atomic E-state index is 6.00. The van der Waals surface area contributed by atoms with Crippen molar-refractivity contribution in [1.29, 1.82) is 0 Å². The number of nitrogens with zero attached hydrogens (tertiary/aromatic N) is 3. The van der Waals surface area contributed by atoms with E-state index in [0.29, 0.717) is 0 Å². The van der Waals surface area contributed by atoms with Gasteiger partial charge in [-0.25, -0.2) is 0 Å². The summed E-state index contributed by atoms with van der Waals surface area (Å²) in [6, 6.07) is 0. The lowest BCUT2D eigenvalue weighted by atomic mass is 9.82. The largest absolute Gasteiger partial charge is 0.498 e. The van der Waals surface area contributed by atoms with Crippen molar-refractivity contribution in [2.75, 3.05) is 20.6 Å². The minimum Gasteiger partial charge on any atom is -0.399 e. The van der Waals surface area contributed by atoms with Crippen LogP contribution in [-0.2, 0) is 15.9 Å². The van der Waals surface area contributed by atoms with E-state index < -0.39 is 0 Å². The minimum absolute atomic E-state index is 0. The first-order valence-electron chi connectivity index (χ1n) is 6.74. The summed E-state index contributed by atoms with van der Waals surface area (Å²) >= 11 is 0. The number of aromatic nitrogens is 2. The van der Waals surface area contributed by atoms with Gasteiger partial charge in [0.1, 0.15) is 0 Å². The molecular weight excluding hydrogens is 276 g/mol. The van der Waals surface area contributed by atoms with Crippen LogP contribution in [0.2, 0.25) is 0 Å². The van der Waals surface area contributed by atoms with E-state index in [1.54, 1.807) is 0 Å². The highest BCUT2D eigenvalue weighted by molar-refractivity contribution is 6.61. The quantitative estimate of drug-likeness (QED) is 0.783. The smallest absolute Gasteiger partial charge is 0.399 e. The summed E-state index contributed by atoms with van der Waals surface area (Å²) in [5.41, 5.74) is 0.379. The predicted molar refractivity (Wildman–Crippen MR) is 83.7 cm³/mol. The van der Waals surface area contributed by atoms with Crippen molar-refractivity contribution in [3.05, 3.63) is 12.4 Å². The molecule has 1 fully saturated rings. The van der Waals surface area contributed by atoms with E-state index in [-0.39, 0.29) is 30.7 Å². The zero-order valence-electron chi connectivity index (χ0n) is 13.2. The highest BCUT2D eigenvalue weighted by atomic mass is 35.5. The first-order chi connectivity index (χ1) is 8.71. The highest BCUT2D eigenvalue weighted by Gasteiger charge is 2.52. The van der Waals surface area contributed by atoms with E-state index in [4.69, 9.17) is 9.31 Å². The molecule has 1 saturated heterocycles. The number of hydrogen-bond acceptors (Lipinski definition) is 4. The standard InChI is InChI=1S/C13H24BN3O2.ClH/c1-12(2)13(3,4)19-14(18-12)11-9-15-17(10-11)8-7-16(5)6;/h9-10H,7-8H2,1-6H3;1H. The summed E-state index contributed by atoms with van der Waals surface area (Å²) in [6.07, 6.45) is 3.84. The van der Waals surface area contributed by atoms with Crippen molar-refractivity contribution in [2.24, 2.45) is 0 Å². The van der Waals surface area contributed by atoms with Gasteiger partial charge < -0.3 is 14.2 Å². The van der Waals surface area contributed by atoms with Gasteiger partial charge in [-0.3, -0.25) is 4.68 Å². The van der Waals surface area contributed by atoms with Crippen molar-refractivity contribution in [3.63, 3.8) is 0 Å². The van der Waals surface area contributed by atoms with Crippen LogP contribution in [0.25, 0.3) is 0 Å². The van der Waals surface area contributed by atoms with Crippen LogP contribution in [0.15, 0.2) is 12.4 Å². The second kappa shape index (κ2) is 6.06. The van der Waals surface area contributed by atoms with Crippen molar-refractivity contribution in [3.8, 4) is 0 Å². The fourth-order valence-electron chi connectivity index (χ4n) is 1.91. The molecule has 0 aliphatic carbocycles. The number of hydrogen-bond donors (Lipinski definition) is 0. The lowest BCUT2D eigenvalue weighted by molar-refractivity contribution is 0.00578. The Kier molecular flexibility index (Phi) is 5.30. The lowest BCUT2D eigenvalue weighted by Crippen LogP contribution is -2.41. The molecule has 0 saturated carbocycles. The van der Waals surface area contributed by atoms with Gasteiger partial charge in [-0.15, -0.1) is 12.4 Å². The molecule has 0 unspecified atom stereocenters. The van der Waals surface area contributed by atoms with Crippen LogP contribution in [0.3, 0.4) is 0 Å². The molecular formula is C13H25BClN3O2. The lowest BCUT2D eigenvalue weighted by Gasteiger charge is -2.32. The molecule has 114 valence electrons. The molecule has 0 amide bonds. The number of rotatable bonds is 4. The molecule has 1 aromatic heterocycles. The highest BCUT2D eigenvalue weighted by Crippen LogP contribution is 2.36. The van der Waals surface area contributed by atoms with Gasteiger partial charge in [-0.05, 0) is 41.8 Å². The molecule has 20 heavy (non-hydrogen) atoms. The van der Waals surface area contributed by atoms with Crippen LogP contribution >= 0.6 is 12.4 Å². The topological polar surface area (TPSA) is 39.5 Å². The van der Waals surface area contributed by atoms with E-state index in [0.717, 1.165) is 18.6 Å². The van der Waals surface area contributed by atoms with Crippen LogP contribution in [-0.4, -0.2) is 53.6 Å². The molecule has 2 heterocycles. The molecule has 7 heteroatoms. The Labute approximate surface area is 128 Å². The summed E-state index contributed by atoms with van der Waals surface area (Å²) in [7, 11) is 3.79. The third-order valence-corrected chi connectivity index (χ3v) is 3.95. The molecule has 0 N–H and O–H groups in total. The van der Waals surface area contributed by atoms with E-state index >= 15 is 0 Å². The predicted octanol–water partition coefficient (Wildman–Crippen LogP) is 1.17. The second-order valence-electron chi connectivity index (χ2n) is 6.43. The summed E-state index contributed by atoms with van der Waals surface area (Å²) in [5, 5.41) is 4.36. The Balaban J connectivity index is 0.00000200. The van der Waals surface area contributed by atoms with Gasteiger partial charge >= 0.3 is 7.12 Å². The average molecular weight is 302 g/mol. The number of halogens is 1.